The van der Waals surface area contributed by atoms with Crippen molar-refractivity contribution in [3.05, 3.63) is 0 Å². The second-order valence-corrected chi connectivity index (χ2v) is 4.73. The third-order valence-electron chi connectivity index (χ3n) is 2.80. The Morgan fingerprint density at radius 1 is 1.60 bits per heavy atom. The molecule has 2 saturated heterocycles. The van der Waals surface area contributed by atoms with Crippen LogP contribution in [0.1, 0.15) is 6.42 Å². The van der Waals surface area contributed by atoms with Gasteiger partial charge < -0.3 is 9.64 Å². The Hall–Kier alpha value is 0.0300. The van der Waals surface area contributed by atoms with Crippen molar-refractivity contribution in [2.75, 3.05) is 31.8 Å². The molecule has 0 aliphatic carbocycles. The van der Waals surface area contributed by atoms with Crippen LogP contribution in [-0.4, -0.2) is 54.8 Å². The van der Waals surface area contributed by atoms with E-state index < -0.39 is 0 Å². The van der Waals surface area contributed by atoms with Crippen molar-refractivity contribution in [1.29, 1.82) is 0 Å². The van der Waals surface area contributed by atoms with Crippen LogP contribution in [0.15, 0.2) is 0 Å². The summed E-state index contributed by atoms with van der Waals surface area (Å²) >= 11 is 1.79. The lowest BCUT2D eigenvalue weighted by atomic mass is 10.3. The van der Waals surface area contributed by atoms with Crippen molar-refractivity contribution in [1.82, 2.24) is 10.2 Å². The smallest absolute Gasteiger partial charge is 0.240 e. The van der Waals surface area contributed by atoms with Gasteiger partial charge in [-0.2, -0.15) is 0 Å². The van der Waals surface area contributed by atoms with Gasteiger partial charge in [0.1, 0.15) is 0 Å². The molecule has 2 aliphatic heterocycles. The molecule has 15 heavy (non-hydrogen) atoms. The number of carbonyl (C=O) groups excluding carboxylic acids is 1. The molecule has 0 aromatic rings. The fourth-order valence-corrected chi connectivity index (χ4v) is 2.83. The summed E-state index contributed by atoms with van der Waals surface area (Å²) in [4.78, 5) is 13.8. The van der Waals surface area contributed by atoms with Crippen LogP contribution in [0.5, 0.6) is 0 Å². The molecule has 0 bridgehead atoms. The lowest BCUT2D eigenvalue weighted by Gasteiger charge is -2.19. The van der Waals surface area contributed by atoms with Crippen molar-refractivity contribution in [2.45, 2.75) is 18.6 Å². The predicted molar refractivity (Wildman–Crippen MR) is 63.5 cm³/mol. The third kappa shape index (κ3) is 3.00. The number of amides is 1. The van der Waals surface area contributed by atoms with Crippen molar-refractivity contribution in [3.8, 4) is 0 Å². The van der Waals surface area contributed by atoms with Gasteiger partial charge in [-0.1, -0.05) is 0 Å². The Morgan fingerprint density at radius 3 is 2.93 bits per heavy atom. The first-order valence-electron chi connectivity index (χ1n) is 4.94. The number of carbonyl (C=O) groups is 1. The van der Waals surface area contributed by atoms with E-state index in [1.165, 1.54) is 0 Å². The Labute approximate surface area is 101 Å². The van der Waals surface area contributed by atoms with Crippen LogP contribution < -0.4 is 5.32 Å². The van der Waals surface area contributed by atoms with Crippen LogP contribution in [0.4, 0.5) is 0 Å². The van der Waals surface area contributed by atoms with E-state index >= 15 is 0 Å². The number of thioether (sulfide) groups is 1. The maximum absolute atomic E-state index is 11.9. The molecular weight excluding hydrogens is 236 g/mol. The van der Waals surface area contributed by atoms with Crippen molar-refractivity contribution < 1.29 is 9.53 Å². The number of hydrogen-bond acceptors (Lipinski definition) is 4. The zero-order valence-corrected chi connectivity index (χ0v) is 10.4. The van der Waals surface area contributed by atoms with E-state index in [-0.39, 0.29) is 30.5 Å². The molecule has 6 heteroatoms. The molecular formula is C9H17ClN2O2S. The predicted octanol–water partition coefficient (Wildman–Crippen LogP) is 0.318. The van der Waals surface area contributed by atoms with Gasteiger partial charge in [-0.05, 0) is 6.42 Å². The molecule has 1 N–H and O–H groups in total. The zero-order chi connectivity index (χ0) is 9.97. The molecule has 2 rings (SSSR count). The molecule has 4 nitrogen and oxygen atoms in total. The van der Waals surface area contributed by atoms with Gasteiger partial charge in [0, 0.05) is 31.8 Å². The van der Waals surface area contributed by atoms with Crippen LogP contribution in [0.2, 0.25) is 0 Å². The SMILES string of the molecule is CO[C@H]1CCN(C(=O)C2CSCN2)C1.Cl. The molecule has 88 valence electrons. The molecule has 0 saturated carbocycles. The van der Waals surface area contributed by atoms with E-state index in [0.717, 1.165) is 31.1 Å². The Kier molecular flexibility index (Phi) is 5.18. The van der Waals surface area contributed by atoms with Gasteiger partial charge in [0.05, 0.1) is 12.1 Å². The number of hydrogen-bond donors (Lipinski definition) is 1. The topological polar surface area (TPSA) is 41.6 Å². The highest BCUT2D eigenvalue weighted by Crippen LogP contribution is 2.17. The molecule has 0 aromatic heterocycles. The molecule has 0 radical (unpaired) electrons. The van der Waals surface area contributed by atoms with Gasteiger partial charge in [-0.3, -0.25) is 10.1 Å². The normalized spacial score (nSPS) is 30.3. The largest absolute Gasteiger partial charge is 0.380 e. The number of methoxy groups -OCH3 is 1. The fraction of sp³-hybridized carbons (Fsp3) is 0.889. The highest BCUT2D eigenvalue weighted by molar-refractivity contribution is 7.99. The number of ether oxygens (including phenoxy) is 1. The summed E-state index contributed by atoms with van der Waals surface area (Å²) in [6, 6.07) is 0.0376. The minimum atomic E-state index is 0. The minimum Gasteiger partial charge on any atom is -0.380 e. The maximum atomic E-state index is 11.9. The number of rotatable bonds is 2. The highest BCUT2D eigenvalue weighted by atomic mass is 35.5. The second-order valence-electron chi connectivity index (χ2n) is 3.70. The van der Waals surface area contributed by atoms with Crippen molar-refractivity contribution in [3.63, 3.8) is 0 Å². The van der Waals surface area contributed by atoms with Gasteiger partial charge in [0.2, 0.25) is 5.91 Å². The van der Waals surface area contributed by atoms with Crippen molar-refractivity contribution >= 4 is 30.1 Å². The van der Waals surface area contributed by atoms with Crippen LogP contribution in [0, 0.1) is 0 Å². The summed E-state index contributed by atoms with van der Waals surface area (Å²) in [5.41, 5.74) is 0. The van der Waals surface area contributed by atoms with Gasteiger partial charge in [0.25, 0.3) is 0 Å². The summed E-state index contributed by atoms with van der Waals surface area (Å²) in [6.45, 7) is 1.61. The summed E-state index contributed by atoms with van der Waals surface area (Å²) in [7, 11) is 1.71. The Morgan fingerprint density at radius 2 is 2.40 bits per heavy atom. The molecule has 2 heterocycles. The summed E-state index contributed by atoms with van der Waals surface area (Å²) in [6.07, 6.45) is 1.22. The third-order valence-corrected chi connectivity index (χ3v) is 3.74. The molecule has 1 amide bonds. The number of nitrogens with zero attached hydrogens (tertiary/aromatic N) is 1. The van der Waals surface area contributed by atoms with E-state index in [4.69, 9.17) is 4.74 Å². The second kappa shape index (κ2) is 5.94. The first kappa shape index (κ1) is 13.1. The molecule has 2 fully saturated rings. The quantitative estimate of drug-likeness (QED) is 0.769. The van der Waals surface area contributed by atoms with E-state index in [1.54, 1.807) is 18.9 Å². The van der Waals surface area contributed by atoms with Crippen LogP contribution in [0.25, 0.3) is 0 Å². The van der Waals surface area contributed by atoms with E-state index in [0.29, 0.717) is 0 Å². The zero-order valence-electron chi connectivity index (χ0n) is 8.77. The van der Waals surface area contributed by atoms with Crippen LogP contribution in [-0.2, 0) is 9.53 Å². The maximum Gasteiger partial charge on any atom is 0.240 e. The number of halogens is 1. The van der Waals surface area contributed by atoms with E-state index in [1.807, 2.05) is 4.90 Å². The lowest BCUT2D eigenvalue weighted by molar-refractivity contribution is -0.132. The van der Waals surface area contributed by atoms with Gasteiger partial charge in [-0.15, -0.1) is 24.2 Å². The highest BCUT2D eigenvalue weighted by Gasteiger charge is 2.32. The standard InChI is InChI=1S/C9H16N2O2S.ClH/c1-13-7-2-3-11(4-7)9(12)8-5-14-6-10-8;/h7-8,10H,2-6H2,1H3;1H/t7-,8?;/m0./s1. The van der Waals surface area contributed by atoms with Gasteiger partial charge in [-0.25, -0.2) is 0 Å². The average molecular weight is 253 g/mol. The molecule has 2 atom stereocenters. The van der Waals surface area contributed by atoms with Gasteiger partial charge in [0.15, 0.2) is 0 Å². The summed E-state index contributed by atoms with van der Waals surface area (Å²) in [5, 5.41) is 3.20. The minimum absolute atomic E-state index is 0. The number of nitrogens with one attached hydrogen (secondary N) is 1. The van der Waals surface area contributed by atoms with E-state index in [2.05, 4.69) is 5.32 Å². The Bertz CT molecular complexity index is 224. The summed E-state index contributed by atoms with van der Waals surface area (Å²) in [5.74, 6) is 2.06. The van der Waals surface area contributed by atoms with Crippen LogP contribution in [0.3, 0.4) is 0 Å². The molecule has 0 spiro atoms. The number of likely N-dealkylation sites (tertiary alicyclic amines) is 1. The molecule has 0 aromatic carbocycles. The first-order chi connectivity index (χ1) is 6.81. The summed E-state index contributed by atoms with van der Waals surface area (Å²) < 4.78 is 5.23. The Balaban J connectivity index is 0.00000112. The first-order valence-corrected chi connectivity index (χ1v) is 6.09. The van der Waals surface area contributed by atoms with E-state index in [9.17, 15) is 4.79 Å². The monoisotopic (exact) mass is 252 g/mol. The lowest BCUT2D eigenvalue weighted by Crippen LogP contribution is -2.44. The average Bonchev–Trinajstić information content (AvgIpc) is 2.88. The molecule has 2 aliphatic rings. The van der Waals surface area contributed by atoms with Crippen LogP contribution >= 0.6 is 24.2 Å². The van der Waals surface area contributed by atoms with Gasteiger partial charge >= 0.3 is 0 Å². The molecule has 1 unspecified atom stereocenters. The van der Waals surface area contributed by atoms with Crippen molar-refractivity contribution in [2.24, 2.45) is 0 Å². The fourth-order valence-electron chi connectivity index (χ4n) is 1.89.